The molecule has 0 radical (unpaired) electrons. The summed E-state index contributed by atoms with van der Waals surface area (Å²) in [5, 5.41) is 6.83. The monoisotopic (exact) mass is 527 g/mol. The van der Waals surface area contributed by atoms with Crippen LogP contribution in [0.4, 0.5) is 16.0 Å². The minimum atomic E-state index is -2.96. The van der Waals surface area contributed by atoms with Crippen LogP contribution in [0.5, 0.6) is 0 Å². The third kappa shape index (κ3) is 4.17. The van der Waals surface area contributed by atoms with Gasteiger partial charge in [-0.1, -0.05) is 6.07 Å². The zero-order chi connectivity index (χ0) is 25.1. The van der Waals surface area contributed by atoms with Gasteiger partial charge in [0.15, 0.2) is 5.82 Å². The second-order valence-electron chi connectivity index (χ2n) is 10.1. The molecule has 0 unspecified atom stereocenters. The number of halogens is 1. The van der Waals surface area contributed by atoms with Gasteiger partial charge in [0.05, 0.1) is 33.5 Å². The topological polar surface area (TPSA) is 114 Å². The molecule has 4 fully saturated rings. The lowest BCUT2D eigenvalue weighted by atomic mass is 9.45. The summed E-state index contributed by atoms with van der Waals surface area (Å²) in [7, 11) is -2.96. The van der Waals surface area contributed by atoms with E-state index in [4.69, 9.17) is 9.97 Å². The first kappa shape index (κ1) is 23.5. The lowest BCUT2D eigenvalue weighted by Gasteiger charge is -2.60. The largest absolute Gasteiger partial charge is 0.351 e. The Hall–Kier alpha value is -2.92. The summed E-state index contributed by atoms with van der Waals surface area (Å²) in [6.45, 7) is 1.35. The van der Waals surface area contributed by atoms with Gasteiger partial charge in [-0.15, -0.1) is 11.3 Å². The molecule has 2 bridgehead atoms. The molecule has 0 atom stereocenters. The number of carbonyl (C=O) groups is 1. The van der Waals surface area contributed by atoms with Gasteiger partial charge in [-0.05, 0) is 56.2 Å². The number of nitrogens with zero attached hydrogens (tertiary/aromatic N) is 3. The number of benzene rings is 1. The SMILES string of the molecule is CC(=O)Nc1cccc(-c2nc(C34CC(C3)C4)sc2-c2ccnc(NC3CCS(=O)(=O)CC3)n2)c1F. The lowest BCUT2D eigenvalue weighted by molar-refractivity contribution is -0.114. The Bertz CT molecular complexity index is 1440. The number of hydrogen-bond donors (Lipinski definition) is 2. The highest BCUT2D eigenvalue weighted by molar-refractivity contribution is 7.91. The van der Waals surface area contributed by atoms with E-state index < -0.39 is 15.7 Å². The lowest BCUT2D eigenvalue weighted by Crippen LogP contribution is -2.55. The van der Waals surface area contributed by atoms with Gasteiger partial charge in [-0.2, -0.15) is 0 Å². The highest BCUT2D eigenvalue weighted by atomic mass is 32.2. The maximum absolute atomic E-state index is 15.5. The Morgan fingerprint density at radius 3 is 2.56 bits per heavy atom. The van der Waals surface area contributed by atoms with Crippen molar-refractivity contribution >= 4 is 38.7 Å². The molecule has 1 saturated heterocycles. The second kappa shape index (κ2) is 8.58. The molecular formula is C25H26FN5O3S2. The van der Waals surface area contributed by atoms with Crippen LogP contribution in [-0.2, 0) is 20.0 Å². The van der Waals surface area contributed by atoms with E-state index >= 15 is 4.39 Å². The van der Waals surface area contributed by atoms with E-state index in [1.54, 1.807) is 35.7 Å². The van der Waals surface area contributed by atoms with Gasteiger partial charge in [-0.3, -0.25) is 4.79 Å². The van der Waals surface area contributed by atoms with Crippen LogP contribution in [0, 0.1) is 11.7 Å². The van der Waals surface area contributed by atoms with Crippen LogP contribution < -0.4 is 10.6 Å². The summed E-state index contributed by atoms with van der Waals surface area (Å²) in [6.07, 6.45) is 6.03. The van der Waals surface area contributed by atoms with Crippen LogP contribution in [0.2, 0.25) is 0 Å². The zero-order valence-corrected chi connectivity index (χ0v) is 21.4. The normalized spacial score (nSPS) is 24.4. The standard InChI is InChI=1S/C25H26FN5O3S2/c1-14(32)28-18-4-2-3-17(20(18)26)21-22(35-23(31-21)25-11-15(12-25)13-25)19-5-8-27-24(30-19)29-16-6-9-36(33,34)10-7-16/h2-5,8,15-16H,6-7,9-13H2,1H3,(H,28,32)(H,27,29,30). The molecule has 2 aromatic heterocycles. The summed E-state index contributed by atoms with van der Waals surface area (Å²) in [6, 6.07) is 6.68. The van der Waals surface area contributed by atoms with Crippen molar-refractivity contribution < 1.29 is 17.6 Å². The summed E-state index contributed by atoms with van der Waals surface area (Å²) in [5.74, 6) is 0.616. The molecule has 7 rings (SSSR count). The van der Waals surface area contributed by atoms with E-state index in [0.29, 0.717) is 35.7 Å². The molecule has 3 aliphatic carbocycles. The predicted molar refractivity (Wildman–Crippen MR) is 137 cm³/mol. The number of nitrogens with one attached hydrogen (secondary N) is 2. The van der Waals surface area contributed by atoms with Gasteiger partial charge < -0.3 is 10.6 Å². The summed E-state index contributed by atoms with van der Waals surface area (Å²) in [5.41, 5.74) is 1.66. The van der Waals surface area contributed by atoms with Gasteiger partial charge in [0.2, 0.25) is 11.9 Å². The Morgan fingerprint density at radius 1 is 1.14 bits per heavy atom. The average molecular weight is 528 g/mol. The molecule has 0 spiro atoms. The molecule has 3 aromatic rings. The maximum Gasteiger partial charge on any atom is 0.223 e. The minimum Gasteiger partial charge on any atom is -0.351 e. The summed E-state index contributed by atoms with van der Waals surface area (Å²) < 4.78 is 39.1. The van der Waals surface area contributed by atoms with E-state index in [-0.39, 0.29) is 34.6 Å². The number of aromatic nitrogens is 3. The number of anilines is 2. The molecular weight excluding hydrogens is 501 g/mol. The van der Waals surface area contributed by atoms with E-state index in [1.165, 1.54) is 13.0 Å². The summed E-state index contributed by atoms with van der Waals surface area (Å²) >= 11 is 1.55. The number of hydrogen-bond acceptors (Lipinski definition) is 8. The first-order chi connectivity index (χ1) is 17.2. The predicted octanol–water partition coefficient (Wildman–Crippen LogP) is 4.41. The van der Waals surface area contributed by atoms with Gasteiger partial charge >= 0.3 is 0 Å². The minimum absolute atomic E-state index is 0.0205. The van der Waals surface area contributed by atoms with Crippen molar-refractivity contribution in [3.05, 3.63) is 41.3 Å². The summed E-state index contributed by atoms with van der Waals surface area (Å²) in [4.78, 5) is 26.3. The highest BCUT2D eigenvalue weighted by Crippen LogP contribution is 2.66. The molecule has 1 aliphatic heterocycles. The molecule has 11 heteroatoms. The third-order valence-electron chi connectivity index (χ3n) is 7.46. The van der Waals surface area contributed by atoms with Crippen molar-refractivity contribution in [2.45, 2.75) is 50.5 Å². The second-order valence-corrected chi connectivity index (χ2v) is 13.4. The zero-order valence-electron chi connectivity index (χ0n) is 19.8. The Labute approximate surface area is 212 Å². The molecule has 3 heterocycles. The first-order valence-electron chi connectivity index (χ1n) is 12.1. The van der Waals surface area contributed by atoms with Gasteiger partial charge in [0.1, 0.15) is 14.8 Å². The quantitative estimate of drug-likeness (QED) is 0.488. The molecule has 188 valence electrons. The number of amides is 1. The van der Waals surface area contributed by atoms with Crippen LogP contribution in [0.25, 0.3) is 21.8 Å². The average Bonchev–Trinajstić information content (AvgIpc) is 3.19. The van der Waals surface area contributed by atoms with Crippen molar-refractivity contribution in [3.8, 4) is 21.8 Å². The molecule has 8 nitrogen and oxygen atoms in total. The fourth-order valence-electron chi connectivity index (χ4n) is 5.42. The molecule has 4 aliphatic rings. The van der Waals surface area contributed by atoms with Crippen LogP contribution in [0.3, 0.4) is 0 Å². The fourth-order valence-corrected chi connectivity index (χ4v) is 8.17. The van der Waals surface area contributed by atoms with Crippen LogP contribution in [-0.4, -0.2) is 46.8 Å². The number of sulfone groups is 1. The Kier molecular flexibility index (Phi) is 5.60. The number of carbonyl (C=O) groups excluding carboxylic acids is 1. The molecule has 2 N–H and O–H groups in total. The van der Waals surface area contributed by atoms with E-state index in [2.05, 4.69) is 15.6 Å². The van der Waals surface area contributed by atoms with Crippen molar-refractivity contribution in [2.75, 3.05) is 22.1 Å². The number of thiazole rings is 1. The van der Waals surface area contributed by atoms with Crippen molar-refractivity contribution in [2.24, 2.45) is 5.92 Å². The van der Waals surface area contributed by atoms with Crippen molar-refractivity contribution in [1.82, 2.24) is 15.0 Å². The maximum atomic E-state index is 15.5. The smallest absolute Gasteiger partial charge is 0.223 e. The molecule has 1 aromatic carbocycles. The van der Waals surface area contributed by atoms with E-state index in [1.807, 2.05) is 0 Å². The fraction of sp³-hybridized carbons (Fsp3) is 0.440. The van der Waals surface area contributed by atoms with E-state index in [9.17, 15) is 13.2 Å². The van der Waals surface area contributed by atoms with Crippen LogP contribution >= 0.6 is 11.3 Å². The van der Waals surface area contributed by atoms with Gasteiger partial charge in [0, 0.05) is 30.1 Å². The molecule has 1 amide bonds. The van der Waals surface area contributed by atoms with Crippen LogP contribution in [0.15, 0.2) is 30.5 Å². The van der Waals surface area contributed by atoms with Gasteiger partial charge in [-0.25, -0.2) is 27.8 Å². The number of rotatable bonds is 6. The van der Waals surface area contributed by atoms with Crippen LogP contribution in [0.1, 0.15) is 44.0 Å². The Morgan fingerprint density at radius 2 is 1.89 bits per heavy atom. The highest BCUT2D eigenvalue weighted by Gasteiger charge is 2.59. The van der Waals surface area contributed by atoms with Crippen molar-refractivity contribution in [3.63, 3.8) is 0 Å². The molecule has 36 heavy (non-hydrogen) atoms. The van der Waals surface area contributed by atoms with E-state index in [0.717, 1.165) is 35.1 Å². The third-order valence-corrected chi connectivity index (χ3v) is 10.5. The Balaban J connectivity index is 1.37. The van der Waals surface area contributed by atoms with Crippen molar-refractivity contribution in [1.29, 1.82) is 0 Å². The molecule has 3 saturated carbocycles. The first-order valence-corrected chi connectivity index (χ1v) is 14.7. The van der Waals surface area contributed by atoms with Gasteiger partial charge in [0.25, 0.3) is 0 Å².